The first-order valence-corrected chi connectivity index (χ1v) is 9.60. The summed E-state index contributed by atoms with van der Waals surface area (Å²) in [7, 11) is 0. The quantitative estimate of drug-likeness (QED) is 0.733. The molecule has 2 amide bonds. The molecule has 1 aliphatic rings. The highest BCUT2D eigenvalue weighted by molar-refractivity contribution is 9.10. The molecule has 1 aromatic rings. The molecule has 1 unspecified atom stereocenters. The molecule has 1 fully saturated rings. The molecule has 0 aliphatic carbocycles. The van der Waals surface area contributed by atoms with Gasteiger partial charge in [0.1, 0.15) is 11.6 Å². The predicted octanol–water partition coefficient (Wildman–Crippen LogP) is 2.82. The summed E-state index contributed by atoms with van der Waals surface area (Å²) < 4.78 is 6.15. The molecule has 0 saturated carbocycles. The van der Waals surface area contributed by atoms with Crippen LogP contribution >= 0.6 is 15.9 Å². The summed E-state index contributed by atoms with van der Waals surface area (Å²) in [5.41, 5.74) is 0.183. The third-order valence-electron chi connectivity index (χ3n) is 4.17. The number of carbonyl (C=O) groups excluding carboxylic acids is 2. The fourth-order valence-corrected chi connectivity index (χ4v) is 3.38. The van der Waals surface area contributed by atoms with Gasteiger partial charge in [-0.05, 0) is 44.9 Å². The molecule has 7 nitrogen and oxygen atoms in total. The van der Waals surface area contributed by atoms with Gasteiger partial charge in [-0.2, -0.15) is 0 Å². The van der Waals surface area contributed by atoms with Gasteiger partial charge in [-0.3, -0.25) is 9.59 Å². The Kier molecular flexibility index (Phi) is 6.86. The van der Waals surface area contributed by atoms with Crippen molar-refractivity contribution in [2.45, 2.75) is 45.3 Å². The van der Waals surface area contributed by atoms with Crippen LogP contribution in [-0.2, 0) is 20.7 Å². The Bertz CT molecular complexity index is 716. The van der Waals surface area contributed by atoms with Gasteiger partial charge in [-0.1, -0.05) is 28.1 Å². The average Bonchev–Trinajstić information content (AvgIpc) is 3.02. The summed E-state index contributed by atoms with van der Waals surface area (Å²) in [5, 5.41) is 11.8. The lowest BCUT2D eigenvalue weighted by Crippen LogP contribution is -2.50. The van der Waals surface area contributed by atoms with E-state index in [4.69, 9.17) is 9.84 Å². The van der Waals surface area contributed by atoms with Gasteiger partial charge in [0, 0.05) is 24.0 Å². The number of nitrogens with zero attached hydrogens (tertiary/aromatic N) is 1. The van der Waals surface area contributed by atoms with E-state index in [-0.39, 0.29) is 18.9 Å². The minimum Gasteiger partial charge on any atom is -0.481 e. The van der Waals surface area contributed by atoms with E-state index < -0.39 is 29.6 Å². The lowest BCUT2D eigenvalue weighted by molar-refractivity contribution is -0.141. The molecule has 0 spiro atoms. The van der Waals surface area contributed by atoms with Gasteiger partial charge in [0.15, 0.2) is 0 Å². The van der Waals surface area contributed by atoms with Crippen molar-refractivity contribution in [2.24, 2.45) is 5.92 Å². The lowest BCUT2D eigenvalue weighted by Gasteiger charge is -2.26. The molecule has 148 valence electrons. The smallest absolute Gasteiger partial charge is 0.408 e. The number of alkyl carbamates (subject to hydrolysis) is 1. The Hall–Kier alpha value is -2.09. The molecule has 1 heterocycles. The van der Waals surface area contributed by atoms with E-state index in [9.17, 15) is 14.4 Å². The van der Waals surface area contributed by atoms with Gasteiger partial charge in [0.2, 0.25) is 5.91 Å². The van der Waals surface area contributed by atoms with Gasteiger partial charge in [-0.15, -0.1) is 0 Å². The molecule has 0 aromatic heterocycles. The van der Waals surface area contributed by atoms with Gasteiger partial charge >= 0.3 is 12.1 Å². The Morgan fingerprint density at radius 2 is 2.07 bits per heavy atom. The number of aliphatic carboxylic acids is 1. The van der Waals surface area contributed by atoms with Crippen molar-refractivity contribution in [3.05, 3.63) is 34.3 Å². The maximum Gasteiger partial charge on any atom is 0.408 e. The normalized spacial score (nSPS) is 18.1. The maximum atomic E-state index is 13.0. The second-order valence-corrected chi connectivity index (χ2v) is 8.56. The number of carboxylic acids is 1. The summed E-state index contributed by atoms with van der Waals surface area (Å²) in [4.78, 5) is 37.8. The van der Waals surface area contributed by atoms with Crippen LogP contribution < -0.4 is 5.32 Å². The van der Waals surface area contributed by atoms with Crippen LogP contribution in [0.1, 0.15) is 32.8 Å². The van der Waals surface area contributed by atoms with E-state index in [2.05, 4.69) is 21.2 Å². The number of hydrogen-bond donors (Lipinski definition) is 2. The number of likely N-dealkylation sites (tertiary alicyclic amines) is 1. The maximum absolute atomic E-state index is 13.0. The highest BCUT2D eigenvalue weighted by Crippen LogP contribution is 2.19. The van der Waals surface area contributed by atoms with Crippen LogP contribution in [-0.4, -0.2) is 52.7 Å². The minimum absolute atomic E-state index is 0.152. The van der Waals surface area contributed by atoms with Crippen molar-refractivity contribution >= 4 is 33.9 Å². The topological polar surface area (TPSA) is 95.9 Å². The van der Waals surface area contributed by atoms with Crippen LogP contribution in [0, 0.1) is 5.92 Å². The number of hydrogen-bond acceptors (Lipinski definition) is 4. The molecule has 2 N–H and O–H groups in total. The Labute approximate surface area is 167 Å². The molecule has 1 saturated heterocycles. The number of ether oxygens (including phenoxy) is 1. The average molecular weight is 441 g/mol. The lowest BCUT2D eigenvalue weighted by atomic mass is 10.0. The molecular weight excluding hydrogens is 416 g/mol. The number of benzene rings is 1. The van der Waals surface area contributed by atoms with E-state index in [0.717, 1.165) is 10.0 Å². The number of amides is 2. The largest absolute Gasteiger partial charge is 0.481 e. The Morgan fingerprint density at radius 1 is 1.37 bits per heavy atom. The van der Waals surface area contributed by atoms with Crippen LogP contribution in [0.25, 0.3) is 0 Å². The van der Waals surface area contributed by atoms with Crippen molar-refractivity contribution in [3.63, 3.8) is 0 Å². The van der Waals surface area contributed by atoms with Crippen LogP contribution in [0.4, 0.5) is 4.79 Å². The van der Waals surface area contributed by atoms with E-state index in [1.165, 1.54) is 4.90 Å². The first-order chi connectivity index (χ1) is 12.5. The standard InChI is InChI=1S/C19H25BrN2O5/c1-19(2,3)27-18(26)21-15(10-12-5-4-6-14(20)9-12)16(23)22-8-7-13(11-22)17(24)25/h4-6,9,13,15H,7-8,10-11H2,1-3H3,(H,21,26)(H,24,25)/t13-,15?/m1/s1. The first kappa shape index (κ1) is 21.2. The minimum atomic E-state index is -0.908. The van der Waals surface area contributed by atoms with Crippen LogP contribution in [0.5, 0.6) is 0 Å². The molecule has 0 bridgehead atoms. The second-order valence-electron chi connectivity index (χ2n) is 7.64. The van der Waals surface area contributed by atoms with Gasteiger partial charge in [0.25, 0.3) is 0 Å². The summed E-state index contributed by atoms with van der Waals surface area (Å²) in [6.07, 6.45) is 0.0212. The zero-order valence-electron chi connectivity index (χ0n) is 15.7. The number of carboxylic acid groups (broad SMARTS) is 1. The number of nitrogens with one attached hydrogen (secondary N) is 1. The fraction of sp³-hybridized carbons (Fsp3) is 0.526. The zero-order valence-corrected chi connectivity index (χ0v) is 17.3. The van der Waals surface area contributed by atoms with Crippen LogP contribution in [0.3, 0.4) is 0 Å². The van der Waals surface area contributed by atoms with Gasteiger partial charge in [-0.25, -0.2) is 4.79 Å². The Morgan fingerprint density at radius 3 is 2.63 bits per heavy atom. The highest BCUT2D eigenvalue weighted by Gasteiger charge is 2.35. The second kappa shape index (κ2) is 8.73. The summed E-state index contributed by atoms with van der Waals surface area (Å²) in [6.45, 7) is 5.75. The summed E-state index contributed by atoms with van der Waals surface area (Å²) in [6, 6.07) is 6.64. The van der Waals surface area contributed by atoms with E-state index >= 15 is 0 Å². The zero-order chi connectivity index (χ0) is 20.2. The molecule has 2 atom stereocenters. The van der Waals surface area contributed by atoms with Crippen molar-refractivity contribution < 1.29 is 24.2 Å². The van der Waals surface area contributed by atoms with Crippen molar-refractivity contribution in [3.8, 4) is 0 Å². The van der Waals surface area contributed by atoms with E-state index in [1.807, 2.05) is 24.3 Å². The van der Waals surface area contributed by atoms with Gasteiger partial charge in [0.05, 0.1) is 5.92 Å². The fourth-order valence-electron chi connectivity index (χ4n) is 2.93. The monoisotopic (exact) mass is 440 g/mol. The Balaban J connectivity index is 2.14. The molecular formula is C19H25BrN2O5. The van der Waals surface area contributed by atoms with E-state index in [0.29, 0.717) is 13.0 Å². The summed E-state index contributed by atoms with van der Waals surface area (Å²) >= 11 is 3.40. The van der Waals surface area contributed by atoms with Crippen molar-refractivity contribution in [1.82, 2.24) is 10.2 Å². The highest BCUT2D eigenvalue weighted by atomic mass is 79.9. The molecule has 27 heavy (non-hydrogen) atoms. The van der Waals surface area contributed by atoms with Crippen molar-refractivity contribution in [2.75, 3.05) is 13.1 Å². The molecule has 1 aliphatic heterocycles. The van der Waals surface area contributed by atoms with Crippen LogP contribution in [0.15, 0.2) is 28.7 Å². The van der Waals surface area contributed by atoms with E-state index in [1.54, 1.807) is 20.8 Å². The number of rotatable bonds is 5. The third-order valence-corrected chi connectivity index (χ3v) is 4.66. The number of carbonyl (C=O) groups is 3. The molecule has 8 heteroatoms. The van der Waals surface area contributed by atoms with Crippen molar-refractivity contribution in [1.29, 1.82) is 0 Å². The summed E-state index contributed by atoms with van der Waals surface area (Å²) in [5.74, 6) is -1.78. The van der Waals surface area contributed by atoms with Gasteiger partial charge < -0.3 is 20.1 Å². The SMILES string of the molecule is CC(C)(C)OC(=O)NC(Cc1cccc(Br)c1)C(=O)N1CC[C@@H](C(=O)O)C1. The predicted molar refractivity (Wildman–Crippen MR) is 103 cm³/mol. The third kappa shape index (κ3) is 6.53. The molecule has 1 aromatic carbocycles. The molecule has 2 rings (SSSR count). The first-order valence-electron chi connectivity index (χ1n) is 8.80. The van der Waals surface area contributed by atoms with Crippen LogP contribution in [0.2, 0.25) is 0 Å². The molecule has 0 radical (unpaired) electrons. The number of halogens is 1.